The quantitative estimate of drug-likeness (QED) is 0.819. The molecule has 86 valence electrons. The van der Waals surface area contributed by atoms with Crippen molar-refractivity contribution < 1.29 is 0 Å². The summed E-state index contributed by atoms with van der Waals surface area (Å²) in [6, 6.07) is 3.69. The summed E-state index contributed by atoms with van der Waals surface area (Å²) in [5.41, 5.74) is 9.03. The van der Waals surface area contributed by atoms with E-state index in [2.05, 4.69) is 15.0 Å². The SMILES string of the molecule is Nc1cccnc1Sc1ncnc2c1CCC2. The van der Waals surface area contributed by atoms with E-state index in [1.165, 1.54) is 29.4 Å². The summed E-state index contributed by atoms with van der Waals surface area (Å²) < 4.78 is 0. The van der Waals surface area contributed by atoms with Crippen molar-refractivity contribution in [2.75, 3.05) is 5.73 Å². The largest absolute Gasteiger partial charge is 0.397 e. The minimum Gasteiger partial charge on any atom is -0.397 e. The molecule has 0 aliphatic heterocycles. The molecule has 0 amide bonds. The Morgan fingerprint density at radius 3 is 2.94 bits per heavy atom. The van der Waals surface area contributed by atoms with Crippen molar-refractivity contribution in [3.05, 3.63) is 35.9 Å². The fourth-order valence-corrected chi connectivity index (χ4v) is 2.92. The van der Waals surface area contributed by atoms with Crippen molar-refractivity contribution in [2.45, 2.75) is 29.3 Å². The lowest BCUT2D eigenvalue weighted by Crippen LogP contribution is -1.96. The van der Waals surface area contributed by atoms with E-state index in [9.17, 15) is 0 Å². The minimum atomic E-state index is 0.697. The number of pyridine rings is 1. The lowest BCUT2D eigenvalue weighted by atomic mass is 10.3. The topological polar surface area (TPSA) is 64.7 Å². The van der Waals surface area contributed by atoms with E-state index in [0.717, 1.165) is 22.9 Å². The molecule has 0 saturated carbocycles. The highest BCUT2D eigenvalue weighted by Crippen LogP contribution is 2.34. The number of aromatic nitrogens is 3. The van der Waals surface area contributed by atoms with Crippen LogP contribution < -0.4 is 5.73 Å². The molecule has 2 heterocycles. The molecule has 0 radical (unpaired) electrons. The maximum Gasteiger partial charge on any atom is 0.125 e. The van der Waals surface area contributed by atoms with Gasteiger partial charge in [0.1, 0.15) is 16.4 Å². The molecule has 4 nitrogen and oxygen atoms in total. The van der Waals surface area contributed by atoms with Gasteiger partial charge in [0.05, 0.1) is 5.69 Å². The number of rotatable bonds is 2. The Labute approximate surface area is 104 Å². The molecule has 2 aromatic heterocycles. The summed E-state index contributed by atoms with van der Waals surface area (Å²) in [6.45, 7) is 0. The Bertz CT molecular complexity index is 556. The second-order valence-electron chi connectivity index (χ2n) is 3.96. The van der Waals surface area contributed by atoms with Gasteiger partial charge < -0.3 is 5.73 Å². The number of aryl methyl sites for hydroxylation is 1. The Kier molecular flexibility index (Phi) is 2.68. The van der Waals surface area contributed by atoms with E-state index in [1.54, 1.807) is 12.5 Å². The van der Waals surface area contributed by atoms with Crippen LogP contribution in [0.15, 0.2) is 34.7 Å². The normalized spacial score (nSPS) is 13.6. The monoisotopic (exact) mass is 244 g/mol. The van der Waals surface area contributed by atoms with E-state index < -0.39 is 0 Å². The predicted molar refractivity (Wildman–Crippen MR) is 66.8 cm³/mol. The molecule has 0 fully saturated rings. The molecule has 0 saturated heterocycles. The zero-order valence-corrected chi connectivity index (χ0v) is 10.1. The third-order valence-corrected chi connectivity index (χ3v) is 3.91. The zero-order chi connectivity index (χ0) is 11.7. The average Bonchev–Trinajstić information content (AvgIpc) is 2.81. The fraction of sp³-hybridized carbons (Fsp3) is 0.250. The smallest absolute Gasteiger partial charge is 0.125 e. The average molecular weight is 244 g/mol. The maximum atomic E-state index is 5.89. The number of fused-ring (bicyclic) bond motifs is 1. The lowest BCUT2D eigenvalue weighted by Gasteiger charge is -2.06. The highest BCUT2D eigenvalue weighted by atomic mass is 32.2. The Balaban J connectivity index is 1.97. The summed E-state index contributed by atoms with van der Waals surface area (Å²) >= 11 is 1.53. The lowest BCUT2D eigenvalue weighted by molar-refractivity contribution is 0.896. The van der Waals surface area contributed by atoms with Gasteiger partial charge in [0, 0.05) is 17.5 Å². The number of anilines is 1. The molecule has 0 spiro atoms. The second-order valence-corrected chi connectivity index (χ2v) is 4.93. The van der Waals surface area contributed by atoms with Crippen molar-refractivity contribution in [2.24, 2.45) is 0 Å². The van der Waals surface area contributed by atoms with Crippen LogP contribution in [0, 0.1) is 0 Å². The molecule has 2 aromatic rings. The van der Waals surface area contributed by atoms with Gasteiger partial charge in [-0.1, -0.05) is 0 Å². The van der Waals surface area contributed by atoms with E-state index in [0.29, 0.717) is 5.69 Å². The molecule has 0 atom stereocenters. The van der Waals surface area contributed by atoms with Crippen LogP contribution in [0.25, 0.3) is 0 Å². The summed E-state index contributed by atoms with van der Waals surface area (Å²) in [4.78, 5) is 12.9. The van der Waals surface area contributed by atoms with Crippen LogP contribution >= 0.6 is 11.8 Å². The number of hydrogen-bond acceptors (Lipinski definition) is 5. The summed E-state index contributed by atoms with van der Waals surface area (Å²) in [5.74, 6) is 0. The number of hydrogen-bond donors (Lipinski definition) is 1. The van der Waals surface area contributed by atoms with E-state index in [4.69, 9.17) is 5.73 Å². The van der Waals surface area contributed by atoms with Crippen molar-refractivity contribution in [1.29, 1.82) is 0 Å². The fourth-order valence-electron chi connectivity index (χ4n) is 2.00. The van der Waals surface area contributed by atoms with E-state index in [-0.39, 0.29) is 0 Å². The van der Waals surface area contributed by atoms with Crippen molar-refractivity contribution in [1.82, 2.24) is 15.0 Å². The van der Waals surface area contributed by atoms with Crippen LogP contribution in [-0.4, -0.2) is 15.0 Å². The summed E-state index contributed by atoms with van der Waals surface area (Å²) in [5, 5.41) is 1.82. The molecule has 0 aromatic carbocycles. The van der Waals surface area contributed by atoms with E-state index >= 15 is 0 Å². The van der Waals surface area contributed by atoms with Crippen LogP contribution in [-0.2, 0) is 12.8 Å². The first-order chi connectivity index (χ1) is 8.34. The molecule has 3 rings (SSSR count). The molecule has 1 aliphatic rings. The van der Waals surface area contributed by atoms with Gasteiger partial charge in [0.2, 0.25) is 0 Å². The van der Waals surface area contributed by atoms with Gasteiger partial charge in [0.25, 0.3) is 0 Å². The van der Waals surface area contributed by atoms with Gasteiger partial charge in [-0.05, 0) is 43.2 Å². The maximum absolute atomic E-state index is 5.89. The highest BCUT2D eigenvalue weighted by Gasteiger charge is 2.18. The van der Waals surface area contributed by atoms with Gasteiger partial charge in [-0.15, -0.1) is 0 Å². The molecule has 1 aliphatic carbocycles. The Hall–Kier alpha value is -1.62. The first kappa shape index (κ1) is 10.5. The Morgan fingerprint density at radius 1 is 1.12 bits per heavy atom. The molecular weight excluding hydrogens is 232 g/mol. The molecule has 2 N–H and O–H groups in total. The first-order valence-electron chi connectivity index (χ1n) is 5.55. The summed E-state index contributed by atoms with van der Waals surface area (Å²) in [6.07, 6.45) is 6.67. The first-order valence-corrected chi connectivity index (χ1v) is 6.37. The van der Waals surface area contributed by atoms with Gasteiger partial charge in [-0.3, -0.25) is 0 Å². The number of nitrogens with zero attached hydrogens (tertiary/aromatic N) is 3. The highest BCUT2D eigenvalue weighted by molar-refractivity contribution is 7.99. The van der Waals surface area contributed by atoms with Crippen molar-refractivity contribution in [3.63, 3.8) is 0 Å². The number of nitrogen functional groups attached to an aromatic ring is 1. The third kappa shape index (κ3) is 1.98. The van der Waals surface area contributed by atoms with Crippen LogP contribution in [0.3, 0.4) is 0 Å². The van der Waals surface area contributed by atoms with Gasteiger partial charge in [0.15, 0.2) is 0 Å². The molecule has 5 heteroatoms. The second kappa shape index (κ2) is 4.33. The van der Waals surface area contributed by atoms with Gasteiger partial charge >= 0.3 is 0 Å². The standard InChI is InChI=1S/C12H12N4S/c13-9-4-2-6-14-12(9)17-11-8-3-1-5-10(8)15-7-16-11/h2,4,6-7H,1,3,5,13H2. The minimum absolute atomic E-state index is 0.697. The predicted octanol–water partition coefficient (Wildman–Crippen LogP) is 2.09. The third-order valence-electron chi connectivity index (χ3n) is 2.83. The van der Waals surface area contributed by atoms with Crippen molar-refractivity contribution in [3.8, 4) is 0 Å². The van der Waals surface area contributed by atoms with Crippen LogP contribution in [0.2, 0.25) is 0 Å². The van der Waals surface area contributed by atoms with Crippen LogP contribution in [0.1, 0.15) is 17.7 Å². The molecule has 0 unspecified atom stereocenters. The molecule has 17 heavy (non-hydrogen) atoms. The molecular formula is C12H12N4S. The van der Waals surface area contributed by atoms with Crippen LogP contribution in [0.5, 0.6) is 0 Å². The van der Waals surface area contributed by atoms with E-state index in [1.807, 2.05) is 12.1 Å². The zero-order valence-electron chi connectivity index (χ0n) is 9.26. The van der Waals surface area contributed by atoms with Crippen LogP contribution in [0.4, 0.5) is 5.69 Å². The Morgan fingerprint density at radius 2 is 2.06 bits per heavy atom. The van der Waals surface area contributed by atoms with Gasteiger partial charge in [-0.2, -0.15) is 0 Å². The van der Waals surface area contributed by atoms with Crippen molar-refractivity contribution >= 4 is 17.4 Å². The summed E-state index contributed by atoms with van der Waals surface area (Å²) in [7, 11) is 0. The van der Waals surface area contributed by atoms with Gasteiger partial charge in [-0.25, -0.2) is 15.0 Å². The molecule has 0 bridgehead atoms. The number of nitrogens with two attached hydrogens (primary N) is 1.